The summed E-state index contributed by atoms with van der Waals surface area (Å²) in [6.45, 7) is 0. The second-order valence-electron chi connectivity index (χ2n) is 13.9. The zero-order chi connectivity index (χ0) is 38.1. The number of furan rings is 1. The molecule has 0 aliphatic rings. The molecule has 0 saturated heterocycles. The summed E-state index contributed by atoms with van der Waals surface area (Å²) in [6, 6.07) is 68.1. The van der Waals surface area contributed by atoms with E-state index in [-0.39, 0.29) is 0 Å². The van der Waals surface area contributed by atoms with Gasteiger partial charge in [-0.3, -0.25) is 0 Å². The average Bonchev–Trinajstić information content (AvgIpc) is 3.68. The molecule has 266 valence electrons. The molecule has 0 spiro atoms. The van der Waals surface area contributed by atoms with Crippen molar-refractivity contribution in [3.63, 3.8) is 0 Å². The molecule has 0 fully saturated rings. The van der Waals surface area contributed by atoms with Gasteiger partial charge in [0.05, 0.1) is 11.6 Å². The maximum atomic E-state index is 9.35. The minimum atomic E-state index is 0.541. The SMILES string of the molecule is N#Cc1ccc(-c2cccc(-c3nc(-c4ccc5c(c4)oc4cccc(-c6cccc(-c7ccccc7)c6)c45)nc(-c4ccccc4-c4ccccc4)n3)c2)cc1. The normalized spacial score (nSPS) is 11.1. The van der Waals surface area contributed by atoms with Gasteiger partial charge in [0.2, 0.25) is 0 Å². The predicted molar refractivity (Wildman–Crippen MR) is 230 cm³/mol. The number of aromatic nitrogens is 3. The second-order valence-corrected chi connectivity index (χ2v) is 13.9. The molecule has 0 unspecified atom stereocenters. The van der Waals surface area contributed by atoms with Gasteiger partial charge in [0, 0.05) is 27.5 Å². The van der Waals surface area contributed by atoms with Gasteiger partial charge in [0.15, 0.2) is 17.5 Å². The van der Waals surface area contributed by atoms with Gasteiger partial charge in [-0.25, -0.2) is 15.0 Å². The minimum absolute atomic E-state index is 0.541. The van der Waals surface area contributed by atoms with Crippen molar-refractivity contribution in [2.45, 2.75) is 0 Å². The maximum Gasteiger partial charge on any atom is 0.164 e. The highest BCUT2D eigenvalue weighted by atomic mass is 16.3. The van der Waals surface area contributed by atoms with Gasteiger partial charge in [-0.1, -0.05) is 152 Å². The van der Waals surface area contributed by atoms with Gasteiger partial charge < -0.3 is 4.42 Å². The molecule has 0 radical (unpaired) electrons. The Morgan fingerprint density at radius 1 is 0.351 bits per heavy atom. The first kappa shape index (κ1) is 33.6. The Bertz CT molecular complexity index is 3130. The van der Waals surface area contributed by atoms with Crippen LogP contribution in [0.4, 0.5) is 0 Å². The van der Waals surface area contributed by atoms with Crippen LogP contribution in [0.1, 0.15) is 5.56 Å². The summed E-state index contributed by atoms with van der Waals surface area (Å²) in [6.07, 6.45) is 0. The molecular weight excluding hydrogens is 697 g/mol. The Kier molecular flexibility index (Phi) is 8.48. The molecule has 57 heavy (non-hydrogen) atoms. The van der Waals surface area contributed by atoms with E-state index in [9.17, 15) is 5.26 Å². The van der Waals surface area contributed by atoms with E-state index in [1.807, 2.05) is 84.9 Å². The molecule has 0 N–H and O–H groups in total. The van der Waals surface area contributed by atoms with Crippen LogP contribution in [-0.4, -0.2) is 15.0 Å². The van der Waals surface area contributed by atoms with Crippen LogP contribution in [0.3, 0.4) is 0 Å². The van der Waals surface area contributed by atoms with Gasteiger partial charge in [-0.2, -0.15) is 5.26 Å². The monoisotopic (exact) mass is 728 g/mol. The quantitative estimate of drug-likeness (QED) is 0.163. The third kappa shape index (κ3) is 6.42. The number of nitriles is 1. The van der Waals surface area contributed by atoms with E-state index in [0.29, 0.717) is 23.0 Å². The molecule has 5 heteroatoms. The Morgan fingerprint density at radius 3 is 1.58 bits per heavy atom. The smallest absolute Gasteiger partial charge is 0.164 e. The molecule has 8 aromatic carbocycles. The number of rotatable bonds is 7. The summed E-state index contributed by atoms with van der Waals surface area (Å²) in [7, 11) is 0. The lowest BCUT2D eigenvalue weighted by molar-refractivity contribution is 0.669. The molecule has 10 aromatic rings. The molecule has 0 aliphatic heterocycles. The average molecular weight is 729 g/mol. The van der Waals surface area contributed by atoms with Gasteiger partial charge in [-0.15, -0.1) is 0 Å². The molecule has 5 nitrogen and oxygen atoms in total. The largest absolute Gasteiger partial charge is 0.456 e. The number of hydrogen-bond acceptors (Lipinski definition) is 5. The summed E-state index contributed by atoms with van der Waals surface area (Å²) in [5.74, 6) is 1.67. The van der Waals surface area contributed by atoms with Crippen molar-refractivity contribution in [1.29, 1.82) is 5.26 Å². The van der Waals surface area contributed by atoms with Crippen LogP contribution < -0.4 is 0 Å². The zero-order valence-electron chi connectivity index (χ0n) is 30.7. The van der Waals surface area contributed by atoms with Crippen molar-refractivity contribution in [1.82, 2.24) is 15.0 Å². The lowest BCUT2D eigenvalue weighted by Crippen LogP contribution is -2.01. The van der Waals surface area contributed by atoms with Crippen molar-refractivity contribution in [3.05, 3.63) is 200 Å². The van der Waals surface area contributed by atoms with Gasteiger partial charge in [0.1, 0.15) is 11.2 Å². The Labute approximate surface area is 329 Å². The summed E-state index contributed by atoms with van der Waals surface area (Å²) >= 11 is 0. The molecule has 0 amide bonds. The first-order valence-electron chi connectivity index (χ1n) is 18.8. The standard InChI is InChI=1S/C52H32N4O/c53-33-34-24-26-36(27-25-34)39-17-10-19-41(31-39)50-54-51(56-52(55-50)45-21-8-7-20-43(45)37-14-5-2-6-15-37)42-28-29-46-48(32-42)57-47-23-11-22-44(49(46)47)40-18-9-16-38(30-40)35-12-3-1-4-13-35/h1-32H. The van der Waals surface area contributed by atoms with Crippen LogP contribution in [0.15, 0.2) is 199 Å². The van der Waals surface area contributed by atoms with Crippen molar-refractivity contribution >= 4 is 21.9 Å². The fraction of sp³-hybridized carbons (Fsp3) is 0. The lowest BCUT2D eigenvalue weighted by atomic mass is 9.96. The molecule has 0 atom stereocenters. The van der Waals surface area contributed by atoms with Crippen LogP contribution in [0.5, 0.6) is 0 Å². The fourth-order valence-electron chi connectivity index (χ4n) is 7.58. The van der Waals surface area contributed by atoms with E-state index < -0.39 is 0 Å². The maximum absolute atomic E-state index is 9.35. The van der Waals surface area contributed by atoms with Crippen molar-refractivity contribution in [3.8, 4) is 84.7 Å². The van der Waals surface area contributed by atoms with Crippen molar-refractivity contribution in [2.24, 2.45) is 0 Å². The Balaban J connectivity index is 1.12. The van der Waals surface area contributed by atoms with Crippen LogP contribution in [0.2, 0.25) is 0 Å². The summed E-state index contributed by atoms with van der Waals surface area (Å²) < 4.78 is 6.59. The Hall–Kier alpha value is -7.94. The molecule has 0 saturated carbocycles. The molecule has 2 aromatic heterocycles. The fourth-order valence-corrected chi connectivity index (χ4v) is 7.58. The number of benzene rings is 8. The molecule has 0 aliphatic carbocycles. The van der Waals surface area contributed by atoms with Gasteiger partial charge in [0.25, 0.3) is 0 Å². The van der Waals surface area contributed by atoms with Gasteiger partial charge in [-0.05, 0) is 87.0 Å². The van der Waals surface area contributed by atoms with Crippen LogP contribution in [-0.2, 0) is 0 Å². The first-order chi connectivity index (χ1) is 28.2. The highest BCUT2D eigenvalue weighted by Gasteiger charge is 2.19. The summed E-state index contributed by atoms with van der Waals surface area (Å²) in [4.78, 5) is 15.4. The lowest BCUT2D eigenvalue weighted by Gasteiger charge is -2.12. The zero-order valence-corrected chi connectivity index (χ0v) is 30.7. The highest BCUT2D eigenvalue weighted by molar-refractivity contribution is 6.13. The van der Waals surface area contributed by atoms with E-state index in [1.54, 1.807) is 0 Å². The summed E-state index contributed by atoms with van der Waals surface area (Å²) in [5.41, 5.74) is 13.5. The third-order valence-corrected chi connectivity index (χ3v) is 10.4. The highest BCUT2D eigenvalue weighted by Crippen LogP contribution is 2.40. The molecule has 2 heterocycles. The van der Waals surface area contributed by atoms with E-state index in [1.165, 1.54) is 5.56 Å². The van der Waals surface area contributed by atoms with E-state index >= 15 is 0 Å². The van der Waals surface area contributed by atoms with Crippen molar-refractivity contribution < 1.29 is 4.42 Å². The topological polar surface area (TPSA) is 75.6 Å². The predicted octanol–water partition coefficient (Wildman–Crippen LogP) is 13.3. The van der Waals surface area contributed by atoms with Crippen LogP contribution >= 0.6 is 0 Å². The summed E-state index contributed by atoms with van der Waals surface area (Å²) in [5, 5.41) is 11.4. The molecule has 10 rings (SSSR count). The van der Waals surface area contributed by atoms with E-state index in [0.717, 1.165) is 77.6 Å². The van der Waals surface area contributed by atoms with Crippen LogP contribution in [0, 0.1) is 11.3 Å². The van der Waals surface area contributed by atoms with Crippen LogP contribution in [0.25, 0.3) is 101 Å². The Morgan fingerprint density at radius 2 is 0.860 bits per heavy atom. The number of nitrogens with zero attached hydrogens (tertiary/aromatic N) is 4. The first-order valence-corrected chi connectivity index (χ1v) is 18.8. The number of hydrogen-bond donors (Lipinski definition) is 0. The van der Waals surface area contributed by atoms with E-state index in [2.05, 4.69) is 115 Å². The molecule has 0 bridgehead atoms. The molecular formula is C52H32N4O. The number of fused-ring (bicyclic) bond motifs is 3. The second kappa shape index (κ2) is 14.4. The van der Waals surface area contributed by atoms with Gasteiger partial charge >= 0.3 is 0 Å². The van der Waals surface area contributed by atoms with E-state index in [4.69, 9.17) is 19.4 Å². The minimum Gasteiger partial charge on any atom is -0.456 e. The van der Waals surface area contributed by atoms with Crippen molar-refractivity contribution in [2.75, 3.05) is 0 Å². The third-order valence-electron chi connectivity index (χ3n) is 10.4.